The van der Waals surface area contributed by atoms with Gasteiger partial charge in [0.15, 0.2) is 8.32 Å². The van der Waals surface area contributed by atoms with Gasteiger partial charge in [-0.3, -0.25) is 4.57 Å². The Balaban J connectivity index is 3.06. The summed E-state index contributed by atoms with van der Waals surface area (Å²) in [5, 5.41) is 0.0956. The average Bonchev–Trinajstić information content (AvgIpc) is 2.47. The van der Waals surface area contributed by atoms with Crippen LogP contribution in [0, 0.1) is 0 Å². The maximum Gasteiger partial charge on any atom is 0.339 e. The summed E-state index contributed by atoms with van der Waals surface area (Å²) >= 11 is 0. The first-order valence-corrected chi connectivity index (χ1v) is 12.0. The molecule has 0 aromatic heterocycles. The van der Waals surface area contributed by atoms with Crippen molar-refractivity contribution in [3.05, 3.63) is 35.9 Å². The van der Waals surface area contributed by atoms with E-state index in [4.69, 9.17) is 13.5 Å². The van der Waals surface area contributed by atoms with Crippen molar-refractivity contribution in [1.29, 1.82) is 0 Å². The van der Waals surface area contributed by atoms with E-state index < -0.39 is 21.6 Å². The normalized spacial score (nSPS) is 14.9. The third-order valence-electron chi connectivity index (χ3n) is 4.48. The van der Waals surface area contributed by atoms with E-state index in [0.717, 1.165) is 5.56 Å². The van der Waals surface area contributed by atoms with E-state index >= 15 is 0 Å². The molecule has 0 amide bonds. The highest BCUT2D eigenvalue weighted by molar-refractivity contribution is 7.54. The van der Waals surface area contributed by atoms with Crippen LogP contribution in [0.15, 0.2) is 30.3 Å². The Hall–Kier alpha value is -0.453. The van der Waals surface area contributed by atoms with Gasteiger partial charge in [0, 0.05) is 14.2 Å². The molecule has 0 fully saturated rings. The zero-order valence-corrected chi connectivity index (χ0v) is 16.6. The Morgan fingerprint density at radius 3 is 2.00 bits per heavy atom. The molecule has 0 spiro atoms. The zero-order valence-electron chi connectivity index (χ0n) is 14.8. The fraction of sp³-hybridized carbons (Fsp3) is 0.625. The van der Waals surface area contributed by atoms with Crippen LogP contribution in [0.1, 0.15) is 32.0 Å². The molecule has 1 atom stereocenters. The number of rotatable bonds is 7. The van der Waals surface area contributed by atoms with Gasteiger partial charge in [0.25, 0.3) is 0 Å². The molecule has 0 saturated carbocycles. The van der Waals surface area contributed by atoms with Gasteiger partial charge in [0.05, 0.1) is 6.61 Å². The van der Waals surface area contributed by atoms with Gasteiger partial charge in [0.2, 0.25) is 0 Å². The van der Waals surface area contributed by atoms with Gasteiger partial charge in [-0.2, -0.15) is 0 Å². The first kappa shape index (κ1) is 19.6. The van der Waals surface area contributed by atoms with Crippen LogP contribution < -0.4 is 0 Å². The van der Waals surface area contributed by atoms with Gasteiger partial charge in [-0.15, -0.1) is 0 Å². The monoisotopic (exact) mass is 344 g/mol. The second-order valence-electron chi connectivity index (χ2n) is 6.90. The summed E-state index contributed by atoms with van der Waals surface area (Å²) < 4.78 is 29.6. The molecule has 0 heterocycles. The van der Waals surface area contributed by atoms with E-state index in [1.54, 1.807) is 0 Å². The topological polar surface area (TPSA) is 44.8 Å². The summed E-state index contributed by atoms with van der Waals surface area (Å²) in [6, 6.07) is 9.64. The van der Waals surface area contributed by atoms with E-state index in [-0.39, 0.29) is 5.04 Å². The van der Waals surface area contributed by atoms with Gasteiger partial charge < -0.3 is 13.5 Å². The standard InChI is InChI=1S/C16H29O4PSi/c1-16(2,3)22(6,7)20-13-15(21(17,18-4)19-5)14-11-9-8-10-12-14/h8-12,15H,13H2,1-7H3. The smallest absolute Gasteiger partial charge is 0.339 e. The van der Waals surface area contributed by atoms with Gasteiger partial charge in [-0.05, 0) is 23.7 Å². The highest BCUT2D eigenvalue weighted by Crippen LogP contribution is 2.60. The molecule has 0 saturated heterocycles. The zero-order chi connectivity index (χ0) is 17.0. The summed E-state index contributed by atoms with van der Waals surface area (Å²) in [4.78, 5) is 0. The maximum atomic E-state index is 12.9. The lowest BCUT2D eigenvalue weighted by Gasteiger charge is -2.38. The molecule has 1 aromatic carbocycles. The second-order valence-corrected chi connectivity index (χ2v) is 14.1. The molecule has 0 aliphatic heterocycles. The van der Waals surface area contributed by atoms with Crippen LogP contribution in [0.25, 0.3) is 0 Å². The van der Waals surface area contributed by atoms with Gasteiger partial charge in [-0.1, -0.05) is 51.1 Å². The summed E-state index contributed by atoms with van der Waals surface area (Å²) in [5.74, 6) is 0. The quantitative estimate of drug-likeness (QED) is 0.501. The Bertz CT molecular complexity index is 503. The van der Waals surface area contributed by atoms with Crippen molar-refractivity contribution in [3.8, 4) is 0 Å². The maximum absolute atomic E-state index is 12.9. The van der Waals surface area contributed by atoms with Crippen LogP contribution in [-0.4, -0.2) is 29.1 Å². The van der Waals surface area contributed by atoms with E-state index in [9.17, 15) is 4.57 Å². The highest BCUT2D eigenvalue weighted by atomic mass is 31.2. The SMILES string of the molecule is COP(=O)(OC)C(CO[Si](C)(C)C(C)(C)C)c1ccccc1. The van der Waals surface area contributed by atoms with E-state index in [0.29, 0.717) is 6.61 Å². The van der Waals surface area contributed by atoms with Crippen LogP contribution in [-0.2, 0) is 18.0 Å². The van der Waals surface area contributed by atoms with Crippen LogP contribution in [0.2, 0.25) is 18.1 Å². The molecule has 0 aliphatic rings. The molecule has 22 heavy (non-hydrogen) atoms. The lowest BCUT2D eigenvalue weighted by Crippen LogP contribution is -2.41. The van der Waals surface area contributed by atoms with Gasteiger partial charge >= 0.3 is 7.60 Å². The molecular formula is C16H29O4PSi. The number of hydrogen-bond donors (Lipinski definition) is 0. The van der Waals surface area contributed by atoms with Crippen LogP contribution >= 0.6 is 7.60 Å². The largest absolute Gasteiger partial charge is 0.416 e. The fourth-order valence-electron chi connectivity index (χ4n) is 1.88. The van der Waals surface area contributed by atoms with Crippen LogP contribution in [0.4, 0.5) is 0 Å². The molecule has 126 valence electrons. The van der Waals surface area contributed by atoms with Crippen molar-refractivity contribution in [2.24, 2.45) is 0 Å². The predicted octanol–water partition coefficient (Wildman–Crippen LogP) is 5.24. The third-order valence-corrected chi connectivity index (χ3v) is 11.2. The number of hydrogen-bond acceptors (Lipinski definition) is 4. The van der Waals surface area contributed by atoms with Gasteiger partial charge in [-0.25, -0.2) is 0 Å². The molecule has 0 bridgehead atoms. The van der Waals surface area contributed by atoms with Crippen molar-refractivity contribution in [1.82, 2.24) is 0 Å². The fourth-order valence-corrected chi connectivity index (χ4v) is 4.49. The Kier molecular flexibility index (Phi) is 6.60. The highest BCUT2D eigenvalue weighted by Gasteiger charge is 2.41. The van der Waals surface area contributed by atoms with E-state index in [2.05, 4.69) is 33.9 Å². The Morgan fingerprint density at radius 1 is 1.09 bits per heavy atom. The average molecular weight is 344 g/mol. The first-order chi connectivity index (χ1) is 10.1. The lowest BCUT2D eigenvalue weighted by molar-refractivity contribution is 0.231. The van der Waals surface area contributed by atoms with E-state index in [1.807, 2.05) is 30.3 Å². The molecule has 0 N–H and O–H groups in total. The van der Waals surface area contributed by atoms with Crippen LogP contribution in [0.5, 0.6) is 0 Å². The summed E-state index contributed by atoms with van der Waals surface area (Å²) in [7, 11) is -2.35. The van der Waals surface area contributed by atoms with Crippen molar-refractivity contribution >= 4 is 15.9 Å². The van der Waals surface area contributed by atoms with Crippen molar-refractivity contribution < 1.29 is 18.0 Å². The Morgan fingerprint density at radius 2 is 1.59 bits per heavy atom. The minimum absolute atomic E-state index is 0.0956. The minimum Gasteiger partial charge on any atom is -0.416 e. The second kappa shape index (κ2) is 7.41. The summed E-state index contributed by atoms with van der Waals surface area (Å²) in [6.07, 6.45) is 0. The van der Waals surface area contributed by atoms with Crippen molar-refractivity contribution in [2.45, 2.75) is 44.6 Å². The molecule has 1 rings (SSSR count). The first-order valence-electron chi connectivity index (χ1n) is 7.47. The molecule has 6 heteroatoms. The number of benzene rings is 1. The summed E-state index contributed by atoms with van der Waals surface area (Å²) in [5.41, 5.74) is 0.492. The lowest BCUT2D eigenvalue weighted by atomic mass is 10.2. The molecule has 0 aliphatic carbocycles. The van der Waals surface area contributed by atoms with E-state index in [1.165, 1.54) is 14.2 Å². The van der Waals surface area contributed by atoms with Crippen LogP contribution in [0.3, 0.4) is 0 Å². The molecular weight excluding hydrogens is 315 g/mol. The van der Waals surface area contributed by atoms with Crippen molar-refractivity contribution in [3.63, 3.8) is 0 Å². The summed E-state index contributed by atoms with van der Waals surface area (Å²) in [6.45, 7) is 11.2. The van der Waals surface area contributed by atoms with Gasteiger partial charge in [0.1, 0.15) is 5.66 Å². The molecule has 1 aromatic rings. The molecule has 0 radical (unpaired) electrons. The van der Waals surface area contributed by atoms with Crippen molar-refractivity contribution in [2.75, 3.05) is 20.8 Å². The molecule has 4 nitrogen and oxygen atoms in total. The molecule has 1 unspecified atom stereocenters. The Labute approximate surface area is 135 Å². The third kappa shape index (κ3) is 4.53. The minimum atomic E-state index is -3.25. The predicted molar refractivity (Wildman–Crippen MR) is 94.0 cm³/mol.